The molecule has 0 saturated heterocycles. The number of anilines is 1. The van der Waals surface area contributed by atoms with E-state index in [2.05, 4.69) is 5.32 Å². The Morgan fingerprint density at radius 3 is 2.10 bits per heavy atom. The lowest BCUT2D eigenvalue weighted by molar-refractivity contribution is -0.121. The minimum absolute atomic E-state index is 0.0151. The van der Waals surface area contributed by atoms with E-state index in [0.29, 0.717) is 17.7 Å². The van der Waals surface area contributed by atoms with Crippen LogP contribution in [-0.4, -0.2) is 42.1 Å². The van der Waals surface area contributed by atoms with Gasteiger partial charge < -0.3 is 15.0 Å². The van der Waals surface area contributed by atoms with Crippen molar-refractivity contribution in [2.75, 3.05) is 32.6 Å². The van der Waals surface area contributed by atoms with Crippen molar-refractivity contribution in [1.82, 2.24) is 5.32 Å². The zero-order chi connectivity index (χ0) is 21.6. The van der Waals surface area contributed by atoms with E-state index < -0.39 is 15.1 Å². The average molecular weight is 419 g/mol. The van der Waals surface area contributed by atoms with Gasteiger partial charge in [0.25, 0.3) is 0 Å². The molecule has 0 heterocycles. The molecule has 0 bridgehead atoms. The van der Waals surface area contributed by atoms with Crippen LogP contribution in [0.1, 0.15) is 31.1 Å². The Labute approximate surface area is 173 Å². The summed E-state index contributed by atoms with van der Waals surface area (Å²) in [6, 6.07) is 13.7. The van der Waals surface area contributed by atoms with Crippen molar-refractivity contribution >= 4 is 21.4 Å². The SMILES string of the molecule is COc1ccc(S(=O)(=O)[C@H](CNC(=O)CC(C)C)c2ccc(N(C)C)cc2)cc1. The van der Waals surface area contributed by atoms with Gasteiger partial charge in [-0.05, 0) is 47.9 Å². The number of nitrogens with one attached hydrogen (secondary N) is 1. The molecule has 0 aliphatic heterocycles. The van der Waals surface area contributed by atoms with Gasteiger partial charge in [0.2, 0.25) is 5.91 Å². The van der Waals surface area contributed by atoms with E-state index in [0.717, 1.165) is 5.69 Å². The average Bonchev–Trinajstić information content (AvgIpc) is 2.67. The second-order valence-electron chi connectivity index (χ2n) is 7.60. The molecule has 2 aromatic carbocycles. The van der Waals surface area contributed by atoms with Gasteiger partial charge in [-0.1, -0.05) is 26.0 Å². The van der Waals surface area contributed by atoms with Crippen LogP contribution in [0.3, 0.4) is 0 Å². The molecule has 0 unspecified atom stereocenters. The van der Waals surface area contributed by atoms with Crippen LogP contribution >= 0.6 is 0 Å². The maximum absolute atomic E-state index is 13.4. The number of rotatable bonds is 9. The van der Waals surface area contributed by atoms with Gasteiger partial charge in [-0.25, -0.2) is 8.42 Å². The lowest BCUT2D eigenvalue weighted by atomic mass is 10.1. The van der Waals surface area contributed by atoms with Crippen LogP contribution in [0.15, 0.2) is 53.4 Å². The molecule has 1 amide bonds. The minimum atomic E-state index is -3.72. The largest absolute Gasteiger partial charge is 0.497 e. The number of benzene rings is 2. The Kier molecular flexibility index (Phi) is 7.67. The van der Waals surface area contributed by atoms with E-state index in [1.54, 1.807) is 24.3 Å². The molecule has 0 saturated carbocycles. The fraction of sp³-hybridized carbons (Fsp3) is 0.409. The van der Waals surface area contributed by atoms with Crippen LogP contribution in [0, 0.1) is 5.92 Å². The topological polar surface area (TPSA) is 75.7 Å². The van der Waals surface area contributed by atoms with E-state index in [9.17, 15) is 13.2 Å². The molecule has 0 spiro atoms. The van der Waals surface area contributed by atoms with E-state index >= 15 is 0 Å². The first kappa shape index (κ1) is 22.7. The summed E-state index contributed by atoms with van der Waals surface area (Å²) in [4.78, 5) is 14.3. The van der Waals surface area contributed by atoms with Gasteiger partial charge in [-0.2, -0.15) is 0 Å². The maximum Gasteiger partial charge on any atom is 0.220 e. The minimum Gasteiger partial charge on any atom is -0.497 e. The first-order chi connectivity index (χ1) is 13.6. The second kappa shape index (κ2) is 9.78. The molecule has 0 radical (unpaired) electrons. The van der Waals surface area contributed by atoms with Gasteiger partial charge in [0.05, 0.1) is 12.0 Å². The number of hydrogen-bond donors (Lipinski definition) is 1. The quantitative estimate of drug-likeness (QED) is 0.675. The molecule has 7 heteroatoms. The van der Waals surface area contributed by atoms with E-state index in [4.69, 9.17) is 4.74 Å². The van der Waals surface area contributed by atoms with Gasteiger partial charge in [0, 0.05) is 32.7 Å². The summed E-state index contributed by atoms with van der Waals surface area (Å²) in [6.45, 7) is 3.91. The number of methoxy groups -OCH3 is 1. The monoisotopic (exact) mass is 418 g/mol. The van der Waals surface area contributed by atoms with Crippen molar-refractivity contribution in [2.24, 2.45) is 5.92 Å². The summed E-state index contributed by atoms with van der Waals surface area (Å²) in [5.41, 5.74) is 1.61. The van der Waals surface area contributed by atoms with Crippen molar-refractivity contribution in [1.29, 1.82) is 0 Å². The van der Waals surface area contributed by atoms with Crippen LogP contribution in [0.2, 0.25) is 0 Å². The molecule has 0 aliphatic carbocycles. The Morgan fingerprint density at radius 1 is 1.03 bits per heavy atom. The molecule has 158 valence electrons. The number of carbonyl (C=O) groups is 1. The van der Waals surface area contributed by atoms with E-state index in [1.165, 1.54) is 19.2 Å². The number of nitrogens with zero attached hydrogens (tertiary/aromatic N) is 1. The summed E-state index contributed by atoms with van der Waals surface area (Å²) >= 11 is 0. The lowest BCUT2D eigenvalue weighted by Gasteiger charge is -2.21. The normalized spacial score (nSPS) is 12.5. The third kappa shape index (κ3) is 5.97. The number of ether oxygens (including phenoxy) is 1. The van der Waals surface area contributed by atoms with Crippen molar-refractivity contribution in [3.05, 3.63) is 54.1 Å². The van der Waals surface area contributed by atoms with Gasteiger partial charge in [-0.3, -0.25) is 4.79 Å². The summed E-state index contributed by atoms with van der Waals surface area (Å²) in [7, 11) is 1.66. The Balaban J connectivity index is 2.37. The smallest absolute Gasteiger partial charge is 0.220 e. The van der Waals surface area contributed by atoms with Gasteiger partial charge in [0.1, 0.15) is 11.0 Å². The predicted octanol–water partition coefficient (Wildman–Crippen LogP) is 3.44. The van der Waals surface area contributed by atoms with Crippen molar-refractivity contribution in [3.8, 4) is 5.75 Å². The molecule has 0 aliphatic rings. The zero-order valence-corrected chi connectivity index (χ0v) is 18.5. The van der Waals surface area contributed by atoms with Crippen LogP contribution in [0.4, 0.5) is 5.69 Å². The van der Waals surface area contributed by atoms with Gasteiger partial charge in [-0.15, -0.1) is 0 Å². The number of amides is 1. The standard InChI is InChI=1S/C22H30N2O4S/c1-16(2)14-22(25)23-15-21(17-6-8-18(9-7-17)24(3)4)29(26,27)20-12-10-19(28-5)11-13-20/h6-13,16,21H,14-15H2,1-5H3,(H,23,25)/t21-/m1/s1. The van der Waals surface area contributed by atoms with Crippen molar-refractivity contribution < 1.29 is 17.9 Å². The predicted molar refractivity (Wildman–Crippen MR) is 116 cm³/mol. The number of hydrogen-bond acceptors (Lipinski definition) is 5. The van der Waals surface area contributed by atoms with Crippen molar-refractivity contribution in [2.45, 2.75) is 30.4 Å². The molecule has 0 aromatic heterocycles. The van der Waals surface area contributed by atoms with Crippen LogP contribution in [0.25, 0.3) is 0 Å². The Bertz CT molecular complexity index is 905. The molecule has 6 nitrogen and oxygen atoms in total. The molecule has 2 rings (SSSR count). The molecule has 1 atom stereocenters. The van der Waals surface area contributed by atoms with Gasteiger partial charge >= 0.3 is 0 Å². The zero-order valence-electron chi connectivity index (χ0n) is 17.7. The van der Waals surface area contributed by atoms with Crippen LogP contribution in [0.5, 0.6) is 5.75 Å². The first-order valence-electron chi connectivity index (χ1n) is 9.57. The maximum atomic E-state index is 13.4. The highest BCUT2D eigenvalue weighted by Gasteiger charge is 2.30. The summed E-state index contributed by atoms with van der Waals surface area (Å²) < 4.78 is 31.9. The summed E-state index contributed by atoms with van der Waals surface area (Å²) in [5.74, 6) is 0.631. The molecule has 1 N–H and O–H groups in total. The third-order valence-corrected chi connectivity index (χ3v) is 6.74. The molecular weight excluding hydrogens is 388 g/mol. The Hall–Kier alpha value is -2.54. The fourth-order valence-electron chi connectivity index (χ4n) is 2.97. The lowest BCUT2D eigenvalue weighted by Crippen LogP contribution is -2.32. The summed E-state index contributed by atoms with van der Waals surface area (Å²) in [5, 5.41) is 1.91. The highest BCUT2D eigenvalue weighted by atomic mass is 32.2. The third-order valence-electron chi connectivity index (χ3n) is 4.62. The van der Waals surface area contributed by atoms with Crippen LogP contribution < -0.4 is 15.0 Å². The van der Waals surface area contributed by atoms with Crippen molar-refractivity contribution in [3.63, 3.8) is 0 Å². The highest BCUT2D eigenvalue weighted by Crippen LogP contribution is 2.30. The molecule has 29 heavy (non-hydrogen) atoms. The summed E-state index contributed by atoms with van der Waals surface area (Å²) in [6.07, 6.45) is 0.356. The van der Waals surface area contributed by atoms with E-state index in [1.807, 2.05) is 45.0 Å². The van der Waals surface area contributed by atoms with Crippen LogP contribution in [-0.2, 0) is 14.6 Å². The number of sulfone groups is 1. The first-order valence-corrected chi connectivity index (χ1v) is 11.1. The fourth-order valence-corrected chi connectivity index (χ4v) is 4.64. The molecular formula is C22H30N2O4S. The molecule has 2 aromatic rings. The van der Waals surface area contributed by atoms with E-state index in [-0.39, 0.29) is 23.3 Å². The molecule has 0 fully saturated rings. The second-order valence-corrected chi connectivity index (χ2v) is 9.73. The highest BCUT2D eigenvalue weighted by molar-refractivity contribution is 7.91. The number of carbonyl (C=O) groups excluding carboxylic acids is 1. The van der Waals surface area contributed by atoms with Gasteiger partial charge in [0.15, 0.2) is 9.84 Å². The Morgan fingerprint density at radius 2 is 1.62 bits per heavy atom.